The van der Waals surface area contributed by atoms with Crippen LogP contribution in [0, 0.1) is 0 Å². The van der Waals surface area contributed by atoms with Gasteiger partial charge in [0, 0.05) is 30.9 Å². The lowest BCUT2D eigenvalue weighted by atomic mass is 9.95. The largest absolute Gasteiger partial charge is 0.297 e. The highest BCUT2D eigenvalue weighted by atomic mass is 35.5. The van der Waals surface area contributed by atoms with Crippen molar-refractivity contribution in [1.82, 2.24) is 18.7 Å². The maximum atomic E-state index is 12.5. The maximum absolute atomic E-state index is 12.5. The molecule has 6 nitrogen and oxygen atoms in total. The number of halogens is 1. The molecule has 1 atom stereocenters. The van der Waals surface area contributed by atoms with Crippen LogP contribution in [-0.2, 0) is 10.0 Å². The minimum atomic E-state index is -3.18. The second-order valence-corrected chi connectivity index (χ2v) is 9.70. The molecule has 1 aliphatic rings. The Morgan fingerprint density at radius 3 is 2.93 bits per heavy atom. The van der Waals surface area contributed by atoms with Crippen LogP contribution in [0.1, 0.15) is 37.8 Å². The Morgan fingerprint density at radius 1 is 1.25 bits per heavy atom. The Kier molecular flexibility index (Phi) is 5.40. The van der Waals surface area contributed by atoms with Crippen molar-refractivity contribution in [3.63, 3.8) is 0 Å². The summed E-state index contributed by atoms with van der Waals surface area (Å²) in [6.45, 7) is 2.99. The molecule has 0 N–H and O–H groups in total. The number of sulfonamides is 1. The third-order valence-electron chi connectivity index (χ3n) is 5.16. The molecular formula is C20H23ClN4O2S. The van der Waals surface area contributed by atoms with Crippen molar-refractivity contribution in [1.29, 1.82) is 0 Å². The van der Waals surface area contributed by atoms with Gasteiger partial charge in [-0.1, -0.05) is 24.6 Å². The van der Waals surface area contributed by atoms with Crippen LogP contribution in [0.4, 0.5) is 0 Å². The van der Waals surface area contributed by atoms with E-state index in [2.05, 4.69) is 4.98 Å². The van der Waals surface area contributed by atoms with Gasteiger partial charge in [-0.05, 0) is 43.5 Å². The van der Waals surface area contributed by atoms with E-state index >= 15 is 0 Å². The number of fused-ring (bicyclic) bond motifs is 1. The van der Waals surface area contributed by atoms with Crippen molar-refractivity contribution in [2.24, 2.45) is 0 Å². The number of hydrogen-bond donors (Lipinski definition) is 0. The van der Waals surface area contributed by atoms with Crippen molar-refractivity contribution in [3.8, 4) is 11.4 Å². The third kappa shape index (κ3) is 3.79. The van der Waals surface area contributed by atoms with Crippen molar-refractivity contribution < 1.29 is 8.42 Å². The average molecular weight is 419 g/mol. The highest BCUT2D eigenvalue weighted by Gasteiger charge is 2.29. The summed E-state index contributed by atoms with van der Waals surface area (Å²) in [5.74, 6) is 0.304. The van der Waals surface area contributed by atoms with E-state index in [0.717, 1.165) is 35.6 Å². The molecule has 0 aromatic carbocycles. The van der Waals surface area contributed by atoms with Crippen LogP contribution in [0.3, 0.4) is 0 Å². The molecule has 148 valence electrons. The molecule has 3 aromatic heterocycles. The summed E-state index contributed by atoms with van der Waals surface area (Å²) in [5.41, 5.74) is 3.40. The number of rotatable bonds is 5. The van der Waals surface area contributed by atoms with E-state index in [1.54, 1.807) is 10.5 Å². The molecule has 0 saturated carbocycles. The van der Waals surface area contributed by atoms with Gasteiger partial charge in [0.05, 0.1) is 28.4 Å². The lowest BCUT2D eigenvalue weighted by molar-refractivity contribution is 0.312. The van der Waals surface area contributed by atoms with Gasteiger partial charge in [-0.25, -0.2) is 17.7 Å². The summed E-state index contributed by atoms with van der Waals surface area (Å²) in [4.78, 5) is 9.28. The monoisotopic (exact) mass is 418 g/mol. The molecule has 0 amide bonds. The summed E-state index contributed by atoms with van der Waals surface area (Å²) in [5, 5.41) is 0.631. The zero-order valence-electron chi connectivity index (χ0n) is 15.8. The molecule has 0 bridgehead atoms. The summed E-state index contributed by atoms with van der Waals surface area (Å²) in [7, 11) is -3.18. The standard InChI is InChI=1S/C20H23ClN4O2S/c1-2-11-28(26,27)24-10-4-5-15(13-24)17-6-3-7-18(23-17)19-12-22-20-9-8-16(21)14-25(19)20/h3,6-9,12,14-15H,2,4-5,10-11,13H2,1H3/t15-/m1/s1. The Balaban J connectivity index is 1.64. The molecule has 4 rings (SSSR count). The molecule has 1 aliphatic heterocycles. The fourth-order valence-corrected chi connectivity index (χ4v) is 5.54. The highest BCUT2D eigenvalue weighted by Crippen LogP contribution is 2.29. The zero-order valence-corrected chi connectivity index (χ0v) is 17.3. The van der Waals surface area contributed by atoms with E-state index in [1.807, 2.05) is 47.9 Å². The lowest BCUT2D eigenvalue weighted by Gasteiger charge is -2.31. The molecule has 28 heavy (non-hydrogen) atoms. The summed E-state index contributed by atoms with van der Waals surface area (Å²) >= 11 is 6.14. The van der Waals surface area contributed by atoms with Crippen LogP contribution >= 0.6 is 11.6 Å². The molecular weight excluding hydrogens is 396 g/mol. The van der Waals surface area contributed by atoms with Crippen LogP contribution in [0.15, 0.2) is 42.7 Å². The van der Waals surface area contributed by atoms with Gasteiger partial charge in [-0.15, -0.1) is 0 Å². The Labute approximate surface area is 170 Å². The van der Waals surface area contributed by atoms with Crippen LogP contribution in [0.25, 0.3) is 17.0 Å². The Bertz CT molecular complexity index is 1100. The molecule has 0 aliphatic carbocycles. The van der Waals surface area contributed by atoms with Gasteiger partial charge in [-0.2, -0.15) is 0 Å². The minimum absolute atomic E-state index is 0.100. The summed E-state index contributed by atoms with van der Waals surface area (Å²) in [6, 6.07) is 9.59. The predicted molar refractivity (Wildman–Crippen MR) is 111 cm³/mol. The second-order valence-electron chi connectivity index (χ2n) is 7.18. The number of imidazole rings is 1. The number of pyridine rings is 2. The molecule has 3 aromatic rings. The maximum Gasteiger partial charge on any atom is 0.214 e. The molecule has 0 radical (unpaired) electrons. The number of piperidine rings is 1. The predicted octanol–water partition coefficient (Wildman–Crippen LogP) is 3.97. The Morgan fingerprint density at radius 2 is 2.11 bits per heavy atom. The summed E-state index contributed by atoms with van der Waals surface area (Å²) in [6.07, 6.45) is 6.04. The van der Waals surface area contributed by atoms with Gasteiger partial charge in [0.15, 0.2) is 0 Å². The Hall–Kier alpha value is -1.96. The number of aromatic nitrogens is 3. The van der Waals surface area contributed by atoms with Gasteiger partial charge >= 0.3 is 0 Å². The van der Waals surface area contributed by atoms with Gasteiger partial charge in [-0.3, -0.25) is 9.38 Å². The van der Waals surface area contributed by atoms with Crippen molar-refractivity contribution in [3.05, 3.63) is 53.4 Å². The van der Waals surface area contributed by atoms with E-state index in [9.17, 15) is 8.42 Å². The summed E-state index contributed by atoms with van der Waals surface area (Å²) < 4.78 is 28.5. The van der Waals surface area contributed by atoms with Gasteiger partial charge in [0.1, 0.15) is 5.65 Å². The molecule has 0 spiro atoms. The van der Waals surface area contributed by atoms with Crippen molar-refractivity contribution in [2.75, 3.05) is 18.8 Å². The van der Waals surface area contributed by atoms with E-state index in [4.69, 9.17) is 16.6 Å². The quantitative estimate of drug-likeness (QED) is 0.628. The zero-order chi connectivity index (χ0) is 19.7. The normalized spacial score (nSPS) is 18.6. The first kappa shape index (κ1) is 19.4. The van der Waals surface area contributed by atoms with Gasteiger partial charge < -0.3 is 0 Å². The topological polar surface area (TPSA) is 67.6 Å². The third-order valence-corrected chi connectivity index (χ3v) is 7.43. The van der Waals surface area contributed by atoms with Crippen LogP contribution < -0.4 is 0 Å². The first-order chi connectivity index (χ1) is 13.5. The number of hydrogen-bond acceptors (Lipinski definition) is 4. The molecule has 4 heterocycles. The van der Waals surface area contributed by atoms with E-state index in [1.165, 1.54) is 0 Å². The van der Waals surface area contributed by atoms with Crippen LogP contribution in [0.2, 0.25) is 5.02 Å². The average Bonchev–Trinajstić information content (AvgIpc) is 3.11. The molecule has 0 unspecified atom stereocenters. The SMILES string of the molecule is CCCS(=O)(=O)N1CCC[C@@H](c2cccc(-c3cnc4ccc(Cl)cn34)n2)C1. The van der Waals surface area contributed by atoms with E-state index < -0.39 is 10.0 Å². The van der Waals surface area contributed by atoms with Crippen molar-refractivity contribution in [2.45, 2.75) is 32.1 Å². The molecule has 1 fully saturated rings. The molecule has 1 saturated heterocycles. The fourth-order valence-electron chi connectivity index (χ4n) is 3.79. The first-order valence-corrected chi connectivity index (χ1v) is 11.5. The lowest BCUT2D eigenvalue weighted by Crippen LogP contribution is -2.40. The molecule has 8 heteroatoms. The van der Waals surface area contributed by atoms with Gasteiger partial charge in [0.2, 0.25) is 10.0 Å². The van der Waals surface area contributed by atoms with Crippen LogP contribution in [-0.4, -0.2) is 45.9 Å². The van der Waals surface area contributed by atoms with Gasteiger partial charge in [0.25, 0.3) is 0 Å². The first-order valence-electron chi connectivity index (χ1n) is 9.55. The fraction of sp³-hybridized carbons (Fsp3) is 0.400. The highest BCUT2D eigenvalue weighted by molar-refractivity contribution is 7.89. The number of nitrogens with zero attached hydrogens (tertiary/aromatic N) is 4. The second kappa shape index (κ2) is 7.81. The van der Waals surface area contributed by atoms with E-state index in [0.29, 0.717) is 24.5 Å². The van der Waals surface area contributed by atoms with E-state index in [-0.39, 0.29) is 11.7 Å². The van der Waals surface area contributed by atoms with Crippen molar-refractivity contribution >= 4 is 27.3 Å². The minimum Gasteiger partial charge on any atom is -0.297 e. The van der Waals surface area contributed by atoms with Crippen LogP contribution in [0.5, 0.6) is 0 Å². The smallest absolute Gasteiger partial charge is 0.214 e.